The summed E-state index contributed by atoms with van der Waals surface area (Å²) in [5.41, 5.74) is 7.45. The Morgan fingerprint density at radius 3 is 2.63 bits per heavy atom. The third-order valence-electron chi connectivity index (χ3n) is 5.73. The van der Waals surface area contributed by atoms with Crippen LogP contribution in [-0.2, 0) is 4.84 Å². The fraction of sp³-hybridized carbons (Fsp3) is 0.333. The van der Waals surface area contributed by atoms with Crippen molar-refractivity contribution in [2.24, 2.45) is 0 Å². The molecule has 186 valence electrons. The lowest BCUT2D eigenvalue weighted by Crippen LogP contribution is -3.03. The molecule has 0 bridgehead atoms. The molecule has 5 N–H and O–H groups in total. The van der Waals surface area contributed by atoms with Crippen LogP contribution in [0.1, 0.15) is 28.1 Å². The van der Waals surface area contributed by atoms with Crippen molar-refractivity contribution >= 4 is 39.4 Å². The normalized spacial score (nSPS) is 14.6. The zero-order valence-electron chi connectivity index (χ0n) is 19.7. The molecule has 0 spiro atoms. The molecule has 1 aliphatic rings. The largest absolute Gasteiger partial charge is 0.492 e. The Balaban J connectivity index is 1.40. The summed E-state index contributed by atoms with van der Waals surface area (Å²) in [5.74, 6) is 0.990. The van der Waals surface area contributed by atoms with Gasteiger partial charge in [0.1, 0.15) is 30.2 Å². The van der Waals surface area contributed by atoms with Gasteiger partial charge in [-0.05, 0) is 67.6 Å². The van der Waals surface area contributed by atoms with E-state index in [1.165, 1.54) is 33.1 Å². The van der Waals surface area contributed by atoms with Crippen molar-refractivity contribution in [3.8, 4) is 11.5 Å². The first-order valence-corrected chi connectivity index (χ1v) is 12.1. The van der Waals surface area contributed by atoms with E-state index in [9.17, 15) is 10.0 Å². The maximum Gasteiger partial charge on any atom is 0.240 e. The van der Waals surface area contributed by atoms with Crippen LogP contribution in [0.25, 0.3) is 0 Å². The molecule has 35 heavy (non-hydrogen) atoms. The second-order valence-corrected chi connectivity index (χ2v) is 9.03. The molecule has 10 nitrogen and oxygen atoms in total. The number of methoxy groups -OCH3 is 1. The molecule has 1 saturated heterocycles. The fourth-order valence-corrected chi connectivity index (χ4v) is 4.73. The predicted octanol–water partition coefficient (Wildman–Crippen LogP) is 2.65. The summed E-state index contributed by atoms with van der Waals surface area (Å²) in [5, 5.41) is 13.3. The number of ether oxygens (including phenoxy) is 2. The first-order valence-electron chi connectivity index (χ1n) is 11.3. The first kappa shape index (κ1) is 24.9. The smallest absolute Gasteiger partial charge is 0.240 e. The minimum absolute atomic E-state index is 0.127. The third kappa shape index (κ3) is 6.08. The molecule has 11 heteroatoms. The molecule has 4 rings (SSSR count). The maximum atomic E-state index is 13.1. The van der Waals surface area contributed by atoms with Gasteiger partial charge in [0.25, 0.3) is 0 Å². The van der Waals surface area contributed by atoms with Crippen LogP contribution in [-0.4, -0.2) is 61.3 Å². The molecule has 2 aromatic carbocycles. The van der Waals surface area contributed by atoms with Crippen LogP contribution < -0.4 is 25.8 Å². The monoisotopic (exact) mass is 500 g/mol. The second kappa shape index (κ2) is 11.5. The van der Waals surface area contributed by atoms with Crippen molar-refractivity contribution in [1.82, 2.24) is 9.88 Å². The van der Waals surface area contributed by atoms with Gasteiger partial charge in [-0.25, -0.2) is 4.98 Å². The summed E-state index contributed by atoms with van der Waals surface area (Å²) in [7, 11) is 2.80. The number of nitrogens with zero attached hydrogens (tertiary/aromatic N) is 2. The molecule has 0 saturated carbocycles. The number of aromatic nitrogens is 1. The van der Waals surface area contributed by atoms with Gasteiger partial charge in [0.05, 0.1) is 7.11 Å². The number of carbonyl (C=O) groups excluding carboxylic acids is 1. The van der Waals surface area contributed by atoms with E-state index in [4.69, 9.17) is 20.0 Å². The van der Waals surface area contributed by atoms with E-state index in [1.54, 1.807) is 12.1 Å². The van der Waals surface area contributed by atoms with Gasteiger partial charge in [-0.3, -0.25) is 9.69 Å². The number of anilines is 3. The highest BCUT2D eigenvalue weighted by Crippen LogP contribution is 2.31. The average molecular weight is 501 g/mol. The highest BCUT2D eigenvalue weighted by molar-refractivity contribution is 7.18. The average Bonchev–Trinajstić information content (AvgIpc) is 3.53. The van der Waals surface area contributed by atoms with E-state index >= 15 is 0 Å². The fourth-order valence-electron chi connectivity index (χ4n) is 3.86. The molecular weight excluding hydrogens is 470 g/mol. The number of ketones is 1. The molecule has 3 aromatic rings. The van der Waals surface area contributed by atoms with E-state index < -0.39 is 0 Å². The van der Waals surface area contributed by atoms with Crippen molar-refractivity contribution in [2.45, 2.75) is 12.8 Å². The number of hydrogen-bond acceptors (Lipinski definition) is 10. The Bertz CT molecular complexity index is 1150. The van der Waals surface area contributed by atoms with Crippen molar-refractivity contribution in [1.29, 1.82) is 0 Å². The summed E-state index contributed by atoms with van der Waals surface area (Å²) < 4.78 is 11.1. The van der Waals surface area contributed by atoms with Gasteiger partial charge >= 0.3 is 0 Å². The van der Waals surface area contributed by atoms with Gasteiger partial charge in [-0.2, -0.15) is 10.0 Å². The zero-order chi connectivity index (χ0) is 24.8. The number of quaternary nitrogens is 1. The molecule has 1 atom stereocenters. The van der Waals surface area contributed by atoms with Crippen LogP contribution >= 0.6 is 11.3 Å². The van der Waals surface area contributed by atoms with E-state index in [0.717, 1.165) is 42.4 Å². The maximum absolute atomic E-state index is 13.1. The van der Waals surface area contributed by atoms with Gasteiger partial charge in [0.2, 0.25) is 11.5 Å². The number of benzene rings is 2. The zero-order valence-corrected chi connectivity index (χ0v) is 20.6. The van der Waals surface area contributed by atoms with Crippen LogP contribution in [0.3, 0.4) is 0 Å². The summed E-state index contributed by atoms with van der Waals surface area (Å²) >= 11 is 1.15. The SMILES string of the molecule is COc1ccc(C(=O)c2sc(Nc3ccc(OCCN4CCCC4)cc3)nc2N)cc1[NH+](O)OC. The number of rotatable bonds is 11. The molecule has 1 fully saturated rings. The lowest BCUT2D eigenvalue weighted by atomic mass is 10.1. The number of carbonyl (C=O) groups is 1. The lowest BCUT2D eigenvalue weighted by molar-refractivity contribution is -1.19. The molecule has 0 amide bonds. The van der Waals surface area contributed by atoms with Crippen LogP contribution in [0.5, 0.6) is 11.5 Å². The Hall–Kier alpha value is -3.22. The van der Waals surface area contributed by atoms with Gasteiger partial charge in [0, 0.05) is 23.9 Å². The topological polar surface area (TPSA) is 124 Å². The molecule has 1 aromatic heterocycles. The molecule has 0 radical (unpaired) electrons. The lowest BCUT2D eigenvalue weighted by Gasteiger charge is -2.15. The van der Waals surface area contributed by atoms with Gasteiger partial charge in [-0.1, -0.05) is 11.3 Å². The standard InChI is InChI=1S/C24H29N5O5S/c1-32-20-10-5-16(15-19(20)29(31)33-2)21(30)22-23(25)27-24(35-22)26-17-6-8-18(9-7-17)34-14-13-28-11-3-4-12-28/h5-10,15,31H,3-4,11-14,25H2,1-2H3,(H,26,27)/p+1. The Labute approximate surface area is 207 Å². The van der Waals surface area contributed by atoms with Crippen molar-refractivity contribution in [2.75, 3.05) is 51.5 Å². The summed E-state index contributed by atoms with van der Waals surface area (Å²) in [4.78, 5) is 25.0. The molecule has 1 unspecified atom stereocenters. The van der Waals surface area contributed by atoms with E-state index in [2.05, 4.69) is 15.2 Å². The van der Waals surface area contributed by atoms with Gasteiger partial charge in [-0.15, -0.1) is 0 Å². The Morgan fingerprint density at radius 1 is 1.20 bits per heavy atom. The summed E-state index contributed by atoms with van der Waals surface area (Å²) in [6, 6.07) is 12.3. The minimum atomic E-state index is -0.348. The van der Waals surface area contributed by atoms with Crippen molar-refractivity contribution in [3.63, 3.8) is 0 Å². The van der Waals surface area contributed by atoms with Crippen LogP contribution in [0.4, 0.5) is 22.3 Å². The van der Waals surface area contributed by atoms with Gasteiger partial charge < -0.3 is 20.5 Å². The van der Waals surface area contributed by atoms with Gasteiger partial charge in [0.15, 0.2) is 10.9 Å². The number of thiazole rings is 1. The summed E-state index contributed by atoms with van der Waals surface area (Å²) in [6.07, 6.45) is 2.54. The highest BCUT2D eigenvalue weighted by atomic mass is 32.1. The Morgan fingerprint density at radius 2 is 1.94 bits per heavy atom. The van der Waals surface area contributed by atoms with Crippen molar-refractivity contribution in [3.05, 3.63) is 52.9 Å². The predicted molar refractivity (Wildman–Crippen MR) is 133 cm³/mol. The Kier molecular flexibility index (Phi) is 8.16. The number of nitrogens with one attached hydrogen (secondary N) is 2. The van der Waals surface area contributed by atoms with Crippen LogP contribution in [0.2, 0.25) is 0 Å². The number of nitrogen functional groups attached to an aromatic ring is 1. The third-order valence-corrected chi connectivity index (χ3v) is 6.71. The minimum Gasteiger partial charge on any atom is -0.492 e. The highest BCUT2D eigenvalue weighted by Gasteiger charge is 2.23. The van der Waals surface area contributed by atoms with Crippen LogP contribution in [0.15, 0.2) is 42.5 Å². The molecule has 0 aliphatic carbocycles. The molecule has 1 aliphatic heterocycles. The quantitative estimate of drug-likeness (QED) is 0.232. The van der Waals surface area contributed by atoms with Crippen molar-refractivity contribution < 1.29 is 29.5 Å². The first-order chi connectivity index (χ1) is 17.0. The van der Waals surface area contributed by atoms with E-state index in [1.807, 2.05) is 24.3 Å². The second-order valence-electron chi connectivity index (χ2n) is 8.03. The number of hydrogen-bond donors (Lipinski definition) is 4. The van der Waals surface area contributed by atoms with E-state index in [-0.39, 0.29) is 22.5 Å². The number of nitrogens with two attached hydrogens (primary N) is 1. The molecular formula is C24H30N5O5S+. The number of likely N-dealkylation sites (tertiary alicyclic amines) is 1. The summed E-state index contributed by atoms with van der Waals surface area (Å²) in [6.45, 7) is 3.91. The van der Waals surface area contributed by atoms with E-state index in [0.29, 0.717) is 27.9 Å². The van der Waals surface area contributed by atoms with Crippen LogP contribution in [0, 0.1) is 0 Å². The molecule has 2 heterocycles.